The molecule has 0 saturated carbocycles. The zero-order valence-electron chi connectivity index (χ0n) is 9.53. The molecule has 1 unspecified atom stereocenters. The quantitative estimate of drug-likeness (QED) is 0.783. The lowest BCUT2D eigenvalue weighted by molar-refractivity contribution is -0.121. The highest BCUT2D eigenvalue weighted by molar-refractivity contribution is 5.80. The van der Waals surface area contributed by atoms with Crippen LogP contribution in [0.5, 0.6) is 0 Å². The molecular weight excluding hydrogens is 221 g/mol. The van der Waals surface area contributed by atoms with Crippen LogP contribution >= 0.6 is 0 Å². The second kappa shape index (κ2) is 5.25. The van der Waals surface area contributed by atoms with E-state index >= 15 is 0 Å². The van der Waals surface area contributed by atoms with Gasteiger partial charge in [-0.3, -0.25) is 9.69 Å². The maximum atomic E-state index is 12.7. The highest BCUT2D eigenvalue weighted by atomic mass is 19.1. The average Bonchev–Trinajstić information content (AvgIpc) is 2.32. The molecule has 4 nitrogen and oxygen atoms in total. The maximum absolute atomic E-state index is 12.7. The van der Waals surface area contributed by atoms with Crippen molar-refractivity contribution in [3.63, 3.8) is 0 Å². The van der Waals surface area contributed by atoms with Crippen molar-refractivity contribution < 1.29 is 9.18 Å². The Kier molecular flexibility index (Phi) is 3.71. The van der Waals surface area contributed by atoms with Gasteiger partial charge >= 0.3 is 0 Å². The number of nitrogens with zero attached hydrogens (tertiary/aromatic N) is 1. The van der Waals surface area contributed by atoms with Crippen LogP contribution in [-0.2, 0) is 11.3 Å². The van der Waals surface area contributed by atoms with Crippen LogP contribution in [0.4, 0.5) is 4.39 Å². The van der Waals surface area contributed by atoms with Crippen molar-refractivity contribution in [2.24, 2.45) is 5.73 Å². The molecule has 1 saturated heterocycles. The molecule has 0 radical (unpaired) electrons. The zero-order valence-corrected chi connectivity index (χ0v) is 9.53. The summed E-state index contributed by atoms with van der Waals surface area (Å²) in [6.07, 6.45) is 0. The summed E-state index contributed by atoms with van der Waals surface area (Å²) in [4.78, 5) is 13.2. The Bertz CT molecular complexity index is 393. The van der Waals surface area contributed by atoms with Gasteiger partial charge in [-0.1, -0.05) is 12.1 Å². The summed E-state index contributed by atoms with van der Waals surface area (Å²) in [6, 6.07) is 6.13. The van der Waals surface area contributed by atoms with Gasteiger partial charge in [0.25, 0.3) is 0 Å². The van der Waals surface area contributed by atoms with Gasteiger partial charge < -0.3 is 11.1 Å². The van der Waals surface area contributed by atoms with E-state index in [2.05, 4.69) is 10.2 Å². The second-order valence-corrected chi connectivity index (χ2v) is 4.27. The lowest BCUT2D eigenvalue weighted by Crippen LogP contribution is -2.55. The van der Waals surface area contributed by atoms with Crippen molar-refractivity contribution in [3.05, 3.63) is 35.6 Å². The predicted octanol–water partition coefficient (Wildman–Crippen LogP) is 0.0848. The van der Waals surface area contributed by atoms with Gasteiger partial charge in [0.1, 0.15) is 5.82 Å². The Hall–Kier alpha value is -1.46. The topological polar surface area (TPSA) is 58.4 Å². The minimum atomic E-state index is -0.325. The molecule has 0 aliphatic carbocycles. The number of primary amides is 1. The Balaban J connectivity index is 1.94. The number of nitrogens with one attached hydrogen (secondary N) is 1. The van der Waals surface area contributed by atoms with E-state index in [1.54, 1.807) is 12.1 Å². The molecule has 0 aromatic heterocycles. The number of carbonyl (C=O) groups excluding carboxylic acids is 1. The lowest BCUT2D eigenvalue weighted by atomic mass is 10.1. The normalized spacial score (nSPS) is 21.4. The third kappa shape index (κ3) is 3.25. The van der Waals surface area contributed by atoms with E-state index in [1.807, 2.05) is 0 Å². The molecule has 1 aliphatic rings. The van der Waals surface area contributed by atoms with Crippen LogP contribution in [0.25, 0.3) is 0 Å². The van der Waals surface area contributed by atoms with Gasteiger partial charge in [-0.05, 0) is 17.7 Å². The van der Waals surface area contributed by atoms with Gasteiger partial charge in [-0.2, -0.15) is 0 Å². The van der Waals surface area contributed by atoms with Crippen molar-refractivity contribution in [1.29, 1.82) is 0 Å². The number of nitrogens with two attached hydrogens (primary N) is 1. The minimum absolute atomic E-state index is 0.232. The van der Waals surface area contributed by atoms with Gasteiger partial charge in [-0.25, -0.2) is 4.39 Å². The van der Waals surface area contributed by atoms with E-state index < -0.39 is 0 Å². The third-order valence-electron chi connectivity index (χ3n) is 2.92. The molecule has 92 valence electrons. The van der Waals surface area contributed by atoms with E-state index in [9.17, 15) is 9.18 Å². The molecule has 1 amide bonds. The van der Waals surface area contributed by atoms with Crippen LogP contribution in [0.1, 0.15) is 5.56 Å². The van der Waals surface area contributed by atoms with Crippen LogP contribution < -0.4 is 11.1 Å². The summed E-state index contributed by atoms with van der Waals surface area (Å²) in [5.41, 5.74) is 6.30. The molecule has 1 heterocycles. The number of carbonyl (C=O) groups is 1. The fraction of sp³-hybridized carbons (Fsp3) is 0.417. The summed E-state index contributed by atoms with van der Waals surface area (Å²) in [5, 5.41) is 3.07. The first-order valence-electron chi connectivity index (χ1n) is 5.64. The standard InChI is InChI=1S/C12H16FN3O/c13-10-3-1-9(2-4-10)7-16-6-5-15-11(8-16)12(14)17/h1-4,11,15H,5-8H2,(H2,14,17). The molecule has 2 rings (SSSR count). The molecule has 1 fully saturated rings. The number of halogens is 1. The Morgan fingerprint density at radius 2 is 2.18 bits per heavy atom. The number of piperazine rings is 1. The highest BCUT2D eigenvalue weighted by Gasteiger charge is 2.23. The number of hydrogen-bond acceptors (Lipinski definition) is 3. The van der Waals surface area contributed by atoms with E-state index in [4.69, 9.17) is 5.73 Å². The first-order valence-corrected chi connectivity index (χ1v) is 5.64. The van der Waals surface area contributed by atoms with Crippen molar-refractivity contribution >= 4 is 5.91 Å². The largest absolute Gasteiger partial charge is 0.368 e. The third-order valence-corrected chi connectivity index (χ3v) is 2.92. The number of benzene rings is 1. The van der Waals surface area contributed by atoms with E-state index in [0.717, 1.165) is 18.7 Å². The van der Waals surface area contributed by atoms with Gasteiger partial charge in [0.2, 0.25) is 5.91 Å². The van der Waals surface area contributed by atoms with Crippen molar-refractivity contribution in [2.45, 2.75) is 12.6 Å². The molecular formula is C12H16FN3O. The van der Waals surface area contributed by atoms with Crippen LogP contribution in [0.15, 0.2) is 24.3 Å². The lowest BCUT2D eigenvalue weighted by Gasteiger charge is -2.32. The number of hydrogen-bond donors (Lipinski definition) is 2. The fourth-order valence-corrected chi connectivity index (χ4v) is 1.99. The van der Waals surface area contributed by atoms with Crippen molar-refractivity contribution in [1.82, 2.24) is 10.2 Å². The molecule has 3 N–H and O–H groups in total. The first kappa shape index (κ1) is 12.0. The van der Waals surface area contributed by atoms with Crippen LogP contribution in [-0.4, -0.2) is 36.5 Å². The number of rotatable bonds is 3. The van der Waals surface area contributed by atoms with E-state index in [1.165, 1.54) is 12.1 Å². The molecule has 1 aliphatic heterocycles. The van der Waals surface area contributed by atoms with Crippen molar-refractivity contribution in [2.75, 3.05) is 19.6 Å². The molecule has 17 heavy (non-hydrogen) atoms. The molecule has 1 aromatic carbocycles. The Morgan fingerprint density at radius 1 is 1.47 bits per heavy atom. The fourth-order valence-electron chi connectivity index (χ4n) is 1.99. The molecule has 1 aromatic rings. The van der Waals surface area contributed by atoms with Gasteiger partial charge in [-0.15, -0.1) is 0 Å². The zero-order chi connectivity index (χ0) is 12.3. The maximum Gasteiger partial charge on any atom is 0.235 e. The van der Waals surface area contributed by atoms with E-state index in [0.29, 0.717) is 13.1 Å². The molecule has 5 heteroatoms. The average molecular weight is 237 g/mol. The smallest absolute Gasteiger partial charge is 0.235 e. The van der Waals surface area contributed by atoms with Crippen LogP contribution in [0, 0.1) is 5.82 Å². The first-order chi connectivity index (χ1) is 8.15. The highest BCUT2D eigenvalue weighted by Crippen LogP contribution is 2.08. The SMILES string of the molecule is NC(=O)C1CN(Cc2ccc(F)cc2)CCN1. The number of amides is 1. The molecule has 1 atom stereocenters. The van der Waals surface area contributed by atoms with Gasteiger partial charge in [0.05, 0.1) is 6.04 Å². The van der Waals surface area contributed by atoms with Crippen LogP contribution in [0.3, 0.4) is 0 Å². The minimum Gasteiger partial charge on any atom is -0.368 e. The summed E-state index contributed by atoms with van der Waals surface area (Å²) >= 11 is 0. The monoisotopic (exact) mass is 237 g/mol. The van der Waals surface area contributed by atoms with Crippen LogP contribution in [0.2, 0.25) is 0 Å². The summed E-state index contributed by atoms with van der Waals surface area (Å²) in [6.45, 7) is 2.93. The second-order valence-electron chi connectivity index (χ2n) is 4.27. The summed E-state index contributed by atoms with van der Waals surface area (Å²) in [7, 11) is 0. The van der Waals surface area contributed by atoms with Gasteiger partial charge in [0.15, 0.2) is 0 Å². The van der Waals surface area contributed by atoms with Gasteiger partial charge in [0, 0.05) is 26.2 Å². The Morgan fingerprint density at radius 3 is 2.82 bits per heavy atom. The summed E-state index contributed by atoms with van der Waals surface area (Å²) in [5.74, 6) is -0.558. The molecule has 0 spiro atoms. The summed E-state index contributed by atoms with van der Waals surface area (Å²) < 4.78 is 12.7. The Labute approximate surface area is 99.6 Å². The molecule has 0 bridgehead atoms. The van der Waals surface area contributed by atoms with E-state index in [-0.39, 0.29) is 17.8 Å². The van der Waals surface area contributed by atoms with Crippen molar-refractivity contribution in [3.8, 4) is 0 Å². The predicted molar refractivity (Wildman–Crippen MR) is 62.7 cm³/mol.